The van der Waals surface area contributed by atoms with Crippen LogP contribution in [0.3, 0.4) is 0 Å². The molecule has 0 spiro atoms. The van der Waals surface area contributed by atoms with Crippen molar-refractivity contribution in [2.45, 2.75) is 49.8 Å². The summed E-state index contributed by atoms with van der Waals surface area (Å²) in [5.74, 6) is -0.303. The predicted octanol–water partition coefficient (Wildman–Crippen LogP) is 3.47. The van der Waals surface area contributed by atoms with E-state index in [2.05, 4.69) is 17.0 Å². The maximum Gasteiger partial charge on any atom is 0.240 e. The van der Waals surface area contributed by atoms with Crippen LogP contribution in [0.15, 0.2) is 28.0 Å². The third kappa shape index (κ3) is 6.16. The Morgan fingerprint density at radius 3 is 2.52 bits per heavy atom. The Labute approximate surface area is 143 Å². The molecule has 0 atom stereocenters. The highest BCUT2D eigenvalue weighted by molar-refractivity contribution is 7.98. The molecule has 1 rings (SSSR count). The second-order valence-corrected chi connectivity index (χ2v) is 8.23. The van der Waals surface area contributed by atoms with Gasteiger partial charge in [-0.1, -0.05) is 33.6 Å². The average molecular weight is 359 g/mol. The van der Waals surface area contributed by atoms with Gasteiger partial charge < -0.3 is 5.32 Å². The molecule has 0 aliphatic carbocycles. The number of carbonyl (C=O) groups is 1. The number of amides is 1. The first-order chi connectivity index (χ1) is 10.8. The summed E-state index contributed by atoms with van der Waals surface area (Å²) in [5, 5.41) is 2.80. The van der Waals surface area contributed by atoms with Crippen LogP contribution < -0.4 is 10.0 Å². The minimum absolute atomic E-state index is 0.134. The monoisotopic (exact) mass is 358 g/mol. The van der Waals surface area contributed by atoms with E-state index < -0.39 is 10.0 Å². The zero-order chi connectivity index (χ0) is 17.5. The standard InChI is InChI=1S/C16H26N2O3S2/c1-5-6-7-10-17-23(20,21)13-8-9-15(22-4)14(11-13)18-16(19)12(2)3/h8-9,11-12,17H,5-7,10H2,1-4H3,(H,18,19). The minimum Gasteiger partial charge on any atom is -0.325 e. The Hall–Kier alpha value is -1.05. The topological polar surface area (TPSA) is 75.3 Å². The number of hydrogen-bond donors (Lipinski definition) is 2. The van der Waals surface area contributed by atoms with Crippen molar-refractivity contribution in [2.75, 3.05) is 18.1 Å². The van der Waals surface area contributed by atoms with Crippen molar-refractivity contribution in [1.29, 1.82) is 0 Å². The molecule has 1 amide bonds. The van der Waals surface area contributed by atoms with Crippen LogP contribution in [0, 0.1) is 5.92 Å². The van der Waals surface area contributed by atoms with Crippen LogP contribution in [0.4, 0.5) is 5.69 Å². The summed E-state index contributed by atoms with van der Waals surface area (Å²) in [4.78, 5) is 12.9. The number of sulfonamides is 1. The van der Waals surface area contributed by atoms with Gasteiger partial charge in [-0.15, -0.1) is 11.8 Å². The largest absolute Gasteiger partial charge is 0.325 e. The summed E-state index contributed by atoms with van der Waals surface area (Å²) in [7, 11) is -3.55. The van der Waals surface area contributed by atoms with Gasteiger partial charge >= 0.3 is 0 Å². The van der Waals surface area contributed by atoms with Gasteiger partial charge in [0, 0.05) is 17.4 Å². The van der Waals surface area contributed by atoms with Crippen molar-refractivity contribution in [3.05, 3.63) is 18.2 Å². The van der Waals surface area contributed by atoms with Crippen LogP contribution in [-0.4, -0.2) is 27.1 Å². The Kier molecular flexibility index (Phi) is 8.08. The van der Waals surface area contributed by atoms with E-state index >= 15 is 0 Å². The van der Waals surface area contributed by atoms with Crippen molar-refractivity contribution >= 4 is 33.4 Å². The average Bonchev–Trinajstić information content (AvgIpc) is 2.51. The normalized spacial score (nSPS) is 11.7. The maximum absolute atomic E-state index is 12.3. The van der Waals surface area contributed by atoms with E-state index in [4.69, 9.17) is 0 Å². The third-order valence-electron chi connectivity index (χ3n) is 3.34. The van der Waals surface area contributed by atoms with Crippen molar-refractivity contribution < 1.29 is 13.2 Å². The smallest absolute Gasteiger partial charge is 0.240 e. The van der Waals surface area contributed by atoms with Gasteiger partial charge in [-0.3, -0.25) is 4.79 Å². The van der Waals surface area contributed by atoms with E-state index in [1.165, 1.54) is 17.8 Å². The molecule has 0 saturated carbocycles. The van der Waals surface area contributed by atoms with E-state index in [9.17, 15) is 13.2 Å². The molecule has 0 aliphatic rings. The number of anilines is 1. The minimum atomic E-state index is -3.55. The second-order valence-electron chi connectivity index (χ2n) is 5.61. The molecule has 1 aromatic carbocycles. The Morgan fingerprint density at radius 1 is 1.26 bits per heavy atom. The van der Waals surface area contributed by atoms with E-state index in [-0.39, 0.29) is 16.7 Å². The van der Waals surface area contributed by atoms with Crippen molar-refractivity contribution in [3.8, 4) is 0 Å². The quantitative estimate of drug-likeness (QED) is 0.523. The molecule has 130 valence electrons. The summed E-state index contributed by atoms with van der Waals surface area (Å²) >= 11 is 1.46. The fourth-order valence-corrected chi connectivity index (χ4v) is 3.53. The number of rotatable bonds is 9. The number of benzene rings is 1. The van der Waals surface area contributed by atoms with Crippen LogP contribution in [0.1, 0.15) is 40.0 Å². The lowest BCUT2D eigenvalue weighted by molar-refractivity contribution is -0.118. The second kappa shape index (κ2) is 9.30. The van der Waals surface area contributed by atoms with Gasteiger partial charge in [0.05, 0.1) is 10.6 Å². The summed E-state index contributed by atoms with van der Waals surface area (Å²) < 4.78 is 27.3. The number of carbonyl (C=O) groups excluding carboxylic acids is 1. The molecule has 23 heavy (non-hydrogen) atoms. The fourth-order valence-electron chi connectivity index (χ4n) is 1.89. The molecule has 0 heterocycles. The Morgan fingerprint density at radius 2 is 1.96 bits per heavy atom. The van der Waals surface area contributed by atoms with Crippen LogP contribution in [-0.2, 0) is 14.8 Å². The van der Waals surface area contributed by atoms with Gasteiger partial charge in [0.1, 0.15) is 0 Å². The van der Waals surface area contributed by atoms with E-state index in [1.54, 1.807) is 26.0 Å². The number of thioether (sulfide) groups is 1. The highest BCUT2D eigenvalue weighted by Gasteiger charge is 2.17. The van der Waals surface area contributed by atoms with Crippen LogP contribution >= 0.6 is 11.8 Å². The van der Waals surface area contributed by atoms with Gasteiger partial charge in [0.2, 0.25) is 15.9 Å². The maximum atomic E-state index is 12.3. The molecule has 5 nitrogen and oxygen atoms in total. The molecule has 2 N–H and O–H groups in total. The first-order valence-electron chi connectivity index (χ1n) is 7.80. The van der Waals surface area contributed by atoms with Crippen LogP contribution in [0.5, 0.6) is 0 Å². The molecular formula is C16H26N2O3S2. The van der Waals surface area contributed by atoms with Gasteiger partial charge in [0.25, 0.3) is 0 Å². The predicted molar refractivity (Wildman–Crippen MR) is 96.4 cm³/mol. The van der Waals surface area contributed by atoms with Gasteiger partial charge in [0.15, 0.2) is 0 Å². The summed E-state index contributed by atoms with van der Waals surface area (Å²) in [6, 6.07) is 4.81. The van der Waals surface area contributed by atoms with E-state index in [0.717, 1.165) is 24.2 Å². The van der Waals surface area contributed by atoms with E-state index in [0.29, 0.717) is 12.2 Å². The molecule has 0 aliphatic heterocycles. The highest BCUT2D eigenvalue weighted by atomic mass is 32.2. The lowest BCUT2D eigenvalue weighted by Crippen LogP contribution is -2.25. The lowest BCUT2D eigenvalue weighted by atomic mass is 10.2. The summed E-state index contributed by atoms with van der Waals surface area (Å²) in [6.07, 6.45) is 4.73. The molecule has 0 aromatic heterocycles. The zero-order valence-electron chi connectivity index (χ0n) is 14.2. The zero-order valence-corrected chi connectivity index (χ0v) is 15.8. The molecule has 0 bridgehead atoms. The number of unbranched alkanes of at least 4 members (excludes halogenated alkanes) is 2. The first-order valence-corrected chi connectivity index (χ1v) is 10.5. The highest BCUT2D eigenvalue weighted by Crippen LogP contribution is 2.28. The Bertz CT molecular complexity index is 628. The molecular weight excluding hydrogens is 332 g/mol. The molecule has 0 saturated heterocycles. The van der Waals surface area contributed by atoms with Crippen LogP contribution in [0.25, 0.3) is 0 Å². The van der Waals surface area contributed by atoms with Gasteiger partial charge in [-0.25, -0.2) is 13.1 Å². The summed E-state index contributed by atoms with van der Waals surface area (Å²) in [6.45, 7) is 6.08. The lowest BCUT2D eigenvalue weighted by Gasteiger charge is -2.14. The van der Waals surface area contributed by atoms with Crippen LogP contribution in [0.2, 0.25) is 0 Å². The fraction of sp³-hybridized carbons (Fsp3) is 0.562. The van der Waals surface area contributed by atoms with E-state index in [1.807, 2.05) is 6.26 Å². The Balaban J connectivity index is 2.97. The van der Waals surface area contributed by atoms with Crippen molar-refractivity contribution in [3.63, 3.8) is 0 Å². The van der Waals surface area contributed by atoms with Crippen molar-refractivity contribution in [1.82, 2.24) is 4.72 Å². The molecule has 7 heteroatoms. The molecule has 1 aromatic rings. The van der Waals surface area contributed by atoms with Gasteiger partial charge in [-0.2, -0.15) is 0 Å². The molecule has 0 radical (unpaired) electrons. The number of nitrogens with one attached hydrogen (secondary N) is 2. The van der Waals surface area contributed by atoms with Gasteiger partial charge in [-0.05, 0) is 30.9 Å². The van der Waals surface area contributed by atoms with Crippen molar-refractivity contribution in [2.24, 2.45) is 5.92 Å². The molecule has 0 unspecified atom stereocenters. The third-order valence-corrected chi connectivity index (χ3v) is 5.59. The SMILES string of the molecule is CCCCCNS(=O)(=O)c1ccc(SC)c(NC(=O)C(C)C)c1. The number of hydrogen-bond acceptors (Lipinski definition) is 4. The summed E-state index contributed by atoms with van der Waals surface area (Å²) in [5.41, 5.74) is 0.535. The molecule has 0 fully saturated rings. The first kappa shape index (κ1) is 20.0.